The lowest BCUT2D eigenvalue weighted by Gasteiger charge is -2.34. The first-order chi connectivity index (χ1) is 14.4. The largest absolute Gasteiger partial charge is 0.493 e. The Balaban J connectivity index is 1.57. The maximum atomic E-state index is 13.0. The summed E-state index contributed by atoms with van der Waals surface area (Å²) in [6, 6.07) is 5.11. The molecule has 1 aliphatic heterocycles. The molecule has 7 nitrogen and oxygen atoms in total. The number of carbonyl (C=O) groups excluding carboxylic acids is 2. The van der Waals surface area contributed by atoms with E-state index in [-0.39, 0.29) is 19.1 Å². The maximum absolute atomic E-state index is 13.0. The number of aliphatic hydroxyl groups excluding tert-OH is 1. The first-order valence-corrected chi connectivity index (χ1v) is 10.6. The number of urea groups is 1. The van der Waals surface area contributed by atoms with Gasteiger partial charge in [-0.1, -0.05) is 25.5 Å². The van der Waals surface area contributed by atoms with Crippen LogP contribution in [0.4, 0.5) is 4.79 Å². The molecule has 1 aliphatic carbocycles. The lowest BCUT2D eigenvalue weighted by molar-refractivity contribution is -0.133. The number of ether oxygens (including phenoxy) is 2. The molecule has 3 amide bonds. The number of hydrogen-bond donors (Lipinski definition) is 2. The Bertz CT molecular complexity index is 786. The number of hydrogen-bond acceptors (Lipinski definition) is 5. The molecule has 1 heterocycles. The second kappa shape index (κ2) is 9.51. The summed E-state index contributed by atoms with van der Waals surface area (Å²) < 4.78 is 11.1. The molecule has 1 spiro atoms. The average Bonchev–Trinajstić information content (AvgIpc) is 2.97. The monoisotopic (exact) mass is 416 g/mol. The van der Waals surface area contributed by atoms with Gasteiger partial charge in [0.15, 0.2) is 11.5 Å². The van der Waals surface area contributed by atoms with E-state index in [2.05, 4.69) is 18.8 Å². The SMILES string of the molecule is C=CCc1ccc(OCC(O)CN2C(=O)NC3(CCC(CC)CC3)C2=O)c(OC)c1. The van der Waals surface area contributed by atoms with Gasteiger partial charge in [0.05, 0.1) is 13.7 Å². The molecule has 0 bridgehead atoms. The summed E-state index contributed by atoms with van der Waals surface area (Å²) in [5.41, 5.74) is 0.241. The van der Waals surface area contributed by atoms with Crippen molar-refractivity contribution in [2.45, 2.75) is 57.1 Å². The summed E-state index contributed by atoms with van der Waals surface area (Å²) in [5.74, 6) is 1.44. The Hall–Kier alpha value is -2.54. The Labute approximate surface area is 178 Å². The number of nitrogens with zero attached hydrogens (tertiary/aromatic N) is 1. The number of rotatable bonds is 9. The van der Waals surface area contributed by atoms with E-state index in [0.29, 0.717) is 36.7 Å². The molecule has 0 radical (unpaired) electrons. The van der Waals surface area contributed by atoms with Crippen molar-refractivity contribution in [3.8, 4) is 11.5 Å². The van der Waals surface area contributed by atoms with Crippen LogP contribution in [0.5, 0.6) is 11.5 Å². The molecule has 164 valence electrons. The van der Waals surface area contributed by atoms with Gasteiger partial charge < -0.3 is 19.9 Å². The fourth-order valence-corrected chi connectivity index (χ4v) is 4.33. The molecule has 3 rings (SSSR count). The number of benzene rings is 1. The predicted molar refractivity (Wildman–Crippen MR) is 114 cm³/mol. The van der Waals surface area contributed by atoms with Crippen LogP contribution in [-0.4, -0.2) is 53.8 Å². The van der Waals surface area contributed by atoms with Gasteiger partial charge in [-0.15, -0.1) is 6.58 Å². The molecule has 0 aromatic heterocycles. The van der Waals surface area contributed by atoms with Crippen molar-refractivity contribution in [1.29, 1.82) is 0 Å². The van der Waals surface area contributed by atoms with E-state index in [1.807, 2.05) is 12.1 Å². The van der Waals surface area contributed by atoms with Crippen molar-refractivity contribution in [2.24, 2.45) is 5.92 Å². The smallest absolute Gasteiger partial charge is 0.325 e. The molecule has 2 fully saturated rings. The predicted octanol–water partition coefficient (Wildman–Crippen LogP) is 3.05. The third-order valence-electron chi connectivity index (χ3n) is 6.21. The summed E-state index contributed by atoms with van der Waals surface area (Å²) in [5, 5.41) is 13.3. The average molecular weight is 417 g/mol. The van der Waals surface area contributed by atoms with Gasteiger partial charge in [0.1, 0.15) is 18.2 Å². The molecule has 1 aromatic carbocycles. The van der Waals surface area contributed by atoms with Gasteiger partial charge in [0.25, 0.3) is 5.91 Å². The van der Waals surface area contributed by atoms with Gasteiger partial charge in [0, 0.05) is 0 Å². The van der Waals surface area contributed by atoms with E-state index < -0.39 is 17.7 Å². The van der Waals surface area contributed by atoms with E-state index in [4.69, 9.17) is 9.47 Å². The summed E-state index contributed by atoms with van der Waals surface area (Å²) >= 11 is 0. The topological polar surface area (TPSA) is 88.1 Å². The van der Waals surface area contributed by atoms with Crippen LogP contribution in [0.25, 0.3) is 0 Å². The minimum Gasteiger partial charge on any atom is -0.493 e. The lowest BCUT2D eigenvalue weighted by atomic mass is 9.75. The number of allylic oxidation sites excluding steroid dienone is 1. The zero-order valence-corrected chi connectivity index (χ0v) is 17.9. The highest BCUT2D eigenvalue weighted by Gasteiger charge is 2.52. The quantitative estimate of drug-likeness (QED) is 0.477. The Morgan fingerprint density at radius 3 is 2.70 bits per heavy atom. The molecular formula is C23H32N2O5. The van der Waals surface area contributed by atoms with E-state index in [1.54, 1.807) is 19.3 Å². The molecule has 30 heavy (non-hydrogen) atoms. The fourth-order valence-electron chi connectivity index (χ4n) is 4.33. The number of imide groups is 1. The number of amides is 3. The third kappa shape index (κ3) is 4.61. The van der Waals surface area contributed by atoms with Crippen LogP contribution in [0, 0.1) is 5.92 Å². The van der Waals surface area contributed by atoms with Crippen LogP contribution in [0.1, 0.15) is 44.6 Å². The molecule has 1 unspecified atom stereocenters. The van der Waals surface area contributed by atoms with Gasteiger partial charge in [-0.2, -0.15) is 0 Å². The van der Waals surface area contributed by atoms with Crippen molar-refractivity contribution in [1.82, 2.24) is 10.2 Å². The van der Waals surface area contributed by atoms with Gasteiger partial charge >= 0.3 is 6.03 Å². The van der Waals surface area contributed by atoms with Gasteiger partial charge in [-0.3, -0.25) is 9.69 Å². The highest BCUT2D eigenvalue weighted by Crippen LogP contribution is 2.37. The Morgan fingerprint density at radius 2 is 2.07 bits per heavy atom. The fraction of sp³-hybridized carbons (Fsp3) is 0.565. The summed E-state index contributed by atoms with van der Waals surface area (Å²) in [4.78, 5) is 26.5. The minimum absolute atomic E-state index is 0.0564. The van der Waals surface area contributed by atoms with Crippen LogP contribution >= 0.6 is 0 Å². The first kappa shape index (κ1) is 22.2. The zero-order valence-electron chi connectivity index (χ0n) is 17.9. The lowest BCUT2D eigenvalue weighted by Crippen LogP contribution is -2.50. The molecule has 1 aromatic rings. The second-order valence-electron chi connectivity index (χ2n) is 8.22. The van der Waals surface area contributed by atoms with E-state index in [0.717, 1.165) is 29.7 Å². The van der Waals surface area contributed by atoms with E-state index >= 15 is 0 Å². The Kier molecular flexibility index (Phi) is 7.02. The van der Waals surface area contributed by atoms with Crippen LogP contribution in [0.2, 0.25) is 0 Å². The van der Waals surface area contributed by atoms with Crippen LogP contribution < -0.4 is 14.8 Å². The molecular weight excluding hydrogens is 384 g/mol. The zero-order chi connectivity index (χ0) is 21.7. The Morgan fingerprint density at radius 1 is 1.33 bits per heavy atom. The van der Waals surface area contributed by atoms with Gasteiger partial charge in [0.2, 0.25) is 0 Å². The normalized spacial score (nSPS) is 24.6. The van der Waals surface area contributed by atoms with Gasteiger partial charge in [-0.05, 0) is 55.7 Å². The number of nitrogens with one attached hydrogen (secondary N) is 1. The van der Waals surface area contributed by atoms with E-state index in [1.165, 1.54) is 0 Å². The van der Waals surface area contributed by atoms with Crippen LogP contribution in [0.3, 0.4) is 0 Å². The van der Waals surface area contributed by atoms with Crippen molar-refractivity contribution >= 4 is 11.9 Å². The van der Waals surface area contributed by atoms with Crippen molar-refractivity contribution < 1.29 is 24.2 Å². The van der Waals surface area contributed by atoms with Crippen LogP contribution in [-0.2, 0) is 11.2 Å². The molecule has 1 atom stereocenters. The molecule has 2 N–H and O–H groups in total. The highest BCUT2D eigenvalue weighted by atomic mass is 16.5. The van der Waals surface area contributed by atoms with Gasteiger partial charge in [-0.25, -0.2) is 4.79 Å². The number of β-amino-alcohol motifs (C(OH)–C–C–N with tert-alkyl or cyclic N) is 1. The first-order valence-electron chi connectivity index (χ1n) is 10.6. The van der Waals surface area contributed by atoms with E-state index in [9.17, 15) is 14.7 Å². The summed E-state index contributed by atoms with van der Waals surface area (Å²) in [6.07, 6.45) is 5.80. The minimum atomic E-state index is -1.00. The molecule has 2 aliphatic rings. The summed E-state index contributed by atoms with van der Waals surface area (Å²) in [6.45, 7) is 5.73. The number of carbonyl (C=O) groups is 2. The van der Waals surface area contributed by atoms with Crippen molar-refractivity contribution in [3.63, 3.8) is 0 Å². The summed E-state index contributed by atoms with van der Waals surface area (Å²) in [7, 11) is 1.55. The maximum Gasteiger partial charge on any atom is 0.325 e. The number of aliphatic hydroxyl groups is 1. The number of methoxy groups -OCH3 is 1. The van der Waals surface area contributed by atoms with Crippen molar-refractivity contribution in [3.05, 3.63) is 36.4 Å². The molecule has 7 heteroatoms. The highest BCUT2D eigenvalue weighted by molar-refractivity contribution is 6.07. The molecule has 1 saturated carbocycles. The van der Waals surface area contributed by atoms with Crippen LogP contribution in [0.15, 0.2) is 30.9 Å². The standard InChI is InChI=1S/C23H32N2O5/c1-4-6-17-7-8-19(20(13-17)29-3)30-15-18(26)14-25-21(27)23(24-22(25)28)11-9-16(5-2)10-12-23/h4,7-8,13,16,18,26H,1,5-6,9-12,14-15H2,2-3H3,(H,24,28). The second-order valence-corrected chi connectivity index (χ2v) is 8.22. The molecule has 1 saturated heterocycles. The van der Waals surface area contributed by atoms with Crippen molar-refractivity contribution in [2.75, 3.05) is 20.3 Å². The third-order valence-corrected chi connectivity index (χ3v) is 6.21.